The highest BCUT2D eigenvalue weighted by atomic mass is 32.2. The first-order chi connectivity index (χ1) is 9.37. The summed E-state index contributed by atoms with van der Waals surface area (Å²) < 4.78 is 16.5. The number of carbonyl (C=O) groups excluding carboxylic acids is 1. The summed E-state index contributed by atoms with van der Waals surface area (Å²) in [7, 11) is -0.655. The lowest BCUT2D eigenvalue weighted by molar-refractivity contribution is -0.151. The summed E-state index contributed by atoms with van der Waals surface area (Å²) in [5.74, 6) is 1.30. The molecule has 6 heteroatoms. The number of hydrogen-bond acceptors (Lipinski definition) is 5. The van der Waals surface area contributed by atoms with Crippen molar-refractivity contribution in [3.8, 4) is 0 Å². The van der Waals surface area contributed by atoms with Crippen molar-refractivity contribution < 1.29 is 13.7 Å². The molecule has 0 amide bonds. The Hall–Kier alpha value is -0.460. The SMILES string of the molecule is CCOC(=O)C(C)(CCN1CCS(=O)CC1)NC(C)C. The minimum Gasteiger partial charge on any atom is -0.465 e. The number of rotatable bonds is 7. The predicted octanol–water partition coefficient (Wildman–Crippen LogP) is 0.761. The smallest absolute Gasteiger partial charge is 0.326 e. The van der Waals surface area contributed by atoms with Gasteiger partial charge in [0.2, 0.25) is 0 Å². The van der Waals surface area contributed by atoms with Crippen molar-refractivity contribution >= 4 is 16.8 Å². The van der Waals surface area contributed by atoms with Crippen molar-refractivity contribution in [2.45, 2.75) is 45.7 Å². The summed E-state index contributed by atoms with van der Waals surface area (Å²) in [4.78, 5) is 14.5. The second kappa shape index (κ2) is 8.10. The van der Waals surface area contributed by atoms with E-state index in [1.807, 2.05) is 27.7 Å². The van der Waals surface area contributed by atoms with Gasteiger partial charge in [-0.15, -0.1) is 0 Å². The summed E-state index contributed by atoms with van der Waals surface area (Å²) >= 11 is 0. The highest BCUT2D eigenvalue weighted by Gasteiger charge is 2.35. The molecule has 1 N–H and O–H groups in total. The summed E-state index contributed by atoms with van der Waals surface area (Å²) in [6, 6.07) is 0.221. The highest BCUT2D eigenvalue weighted by molar-refractivity contribution is 7.85. The Kier molecular flexibility index (Phi) is 7.12. The molecule has 0 aromatic rings. The molecule has 118 valence electrons. The molecule has 0 radical (unpaired) electrons. The number of hydrogen-bond donors (Lipinski definition) is 1. The van der Waals surface area contributed by atoms with Crippen molar-refractivity contribution in [2.24, 2.45) is 0 Å². The molecule has 0 spiro atoms. The van der Waals surface area contributed by atoms with Gasteiger partial charge in [0.25, 0.3) is 0 Å². The normalized spacial score (nSPS) is 20.9. The first kappa shape index (κ1) is 17.6. The molecule has 20 heavy (non-hydrogen) atoms. The number of nitrogens with zero attached hydrogens (tertiary/aromatic N) is 1. The van der Waals surface area contributed by atoms with Crippen LogP contribution in [0.3, 0.4) is 0 Å². The van der Waals surface area contributed by atoms with Crippen LogP contribution in [0.1, 0.15) is 34.1 Å². The van der Waals surface area contributed by atoms with E-state index < -0.39 is 16.3 Å². The first-order valence-corrected chi connectivity index (χ1v) is 8.88. The summed E-state index contributed by atoms with van der Waals surface area (Å²) in [5.41, 5.74) is -0.652. The number of esters is 1. The lowest BCUT2D eigenvalue weighted by atomic mass is 9.96. The van der Waals surface area contributed by atoms with Crippen molar-refractivity contribution in [3.05, 3.63) is 0 Å². The molecule has 0 aliphatic carbocycles. The molecule has 1 aliphatic heterocycles. The third-order valence-corrected chi connectivity index (χ3v) is 4.81. The molecule has 1 aliphatic rings. The van der Waals surface area contributed by atoms with Crippen LogP contribution in [0.2, 0.25) is 0 Å². The molecule has 1 unspecified atom stereocenters. The van der Waals surface area contributed by atoms with Gasteiger partial charge in [0, 0.05) is 48.0 Å². The third-order valence-electron chi connectivity index (χ3n) is 3.53. The van der Waals surface area contributed by atoms with E-state index in [1.165, 1.54) is 0 Å². The Morgan fingerprint density at radius 1 is 1.40 bits per heavy atom. The van der Waals surface area contributed by atoms with Crippen molar-refractivity contribution in [3.63, 3.8) is 0 Å². The molecule has 1 saturated heterocycles. The van der Waals surface area contributed by atoms with E-state index in [0.717, 1.165) is 31.1 Å². The average Bonchev–Trinajstić information content (AvgIpc) is 2.37. The predicted molar refractivity (Wildman–Crippen MR) is 82.2 cm³/mol. The zero-order valence-electron chi connectivity index (χ0n) is 13.1. The number of carbonyl (C=O) groups is 1. The molecular formula is C14H28N2O3S. The second-order valence-corrected chi connectivity index (χ2v) is 7.49. The van der Waals surface area contributed by atoms with E-state index in [0.29, 0.717) is 13.0 Å². The monoisotopic (exact) mass is 304 g/mol. The van der Waals surface area contributed by atoms with E-state index in [9.17, 15) is 9.00 Å². The standard InChI is InChI=1S/C14H28N2O3S/c1-5-19-13(17)14(4,15-12(2)3)6-7-16-8-10-20(18)11-9-16/h12,15H,5-11H2,1-4H3. The van der Waals surface area contributed by atoms with E-state index in [2.05, 4.69) is 10.2 Å². The molecule has 5 nitrogen and oxygen atoms in total. The van der Waals surface area contributed by atoms with Crippen LogP contribution in [0, 0.1) is 0 Å². The van der Waals surface area contributed by atoms with Gasteiger partial charge >= 0.3 is 5.97 Å². The van der Waals surface area contributed by atoms with Crippen LogP contribution < -0.4 is 5.32 Å². The van der Waals surface area contributed by atoms with Gasteiger partial charge in [-0.25, -0.2) is 0 Å². The van der Waals surface area contributed by atoms with Gasteiger partial charge in [-0.05, 0) is 34.1 Å². The number of nitrogens with one attached hydrogen (secondary N) is 1. The van der Waals surface area contributed by atoms with Gasteiger partial charge in [-0.3, -0.25) is 14.3 Å². The maximum absolute atomic E-state index is 12.2. The maximum atomic E-state index is 12.2. The van der Waals surface area contributed by atoms with E-state index in [-0.39, 0.29) is 12.0 Å². The average molecular weight is 304 g/mol. The third kappa shape index (κ3) is 5.50. The summed E-state index contributed by atoms with van der Waals surface area (Å²) in [6.07, 6.45) is 0.705. The molecule has 0 aromatic heterocycles. The van der Waals surface area contributed by atoms with E-state index >= 15 is 0 Å². The fourth-order valence-corrected chi connectivity index (χ4v) is 3.57. The van der Waals surface area contributed by atoms with Crippen LogP contribution in [-0.2, 0) is 20.3 Å². The quantitative estimate of drug-likeness (QED) is 0.704. The van der Waals surface area contributed by atoms with Crippen molar-refractivity contribution in [1.29, 1.82) is 0 Å². The van der Waals surface area contributed by atoms with Crippen LogP contribution in [0.5, 0.6) is 0 Å². The van der Waals surface area contributed by atoms with Crippen LogP contribution >= 0.6 is 0 Å². The van der Waals surface area contributed by atoms with Gasteiger partial charge in [0.05, 0.1) is 6.61 Å². The van der Waals surface area contributed by atoms with Crippen LogP contribution in [-0.4, -0.2) is 64.4 Å². The van der Waals surface area contributed by atoms with Crippen molar-refractivity contribution in [2.75, 3.05) is 37.7 Å². The molecular weight excluding hydrogens is 276 g/mol. The molecule has 1 fully saturated rings. The fraction of sp³-hybridized carbons (Fsp3) is 0.929. The minimum atomic E-state index is -0.655. The fourth-order valence-electron chi connectivity index (χ4n) is 2.44. The minimum absolute atomic E-state index is 0.186. The Balaban J connectivity index is 2.55. The molecule has 1 heterocycles. The van der Waals surface area contributed by atoms with Crippen LogP contribution in [0.4, 0.5) is 0 Å². The topological polar surface area (TPSA) is 58.6 Å². The Bertz CT molecular complexity index is 339. The van der Waals surface area contributed by atoms with Gasteiger partial charge in [-0.1, -0.05) is 0 Å². The molecule has 0 bridgehead atoms. The van der Waals surface area contributed by atoms with Crippen LogP contribution in [0.25, 0.3) is 0 Å². The van der Waals surface area contributed by atoms with E-state index in [4.69, 9.17) is 4.74 Å². The summed E-state index contributed by atoms with van der Waals surface area (Å²) in [5, 5.41) is 3.33. The first-order valence-electron chi connectivity index (χ1n) is 7.39. The Labute approximate surface area is 124 Å². The van der Waals surface area contributed by atoms with Crippen LogP contribution in [0.15, 0.2) is 0 Å². The lowest BCUT2D eigenvalue weighted by Gasteiger charge is -2.34. The zero-order valence-corrected chi connectivity index (χ0v) is 13.9. The Morgan fingerprint density at radius 3 is 2.50 bits per heavy atom. The zero-order chi connectivity index (χ0) is 15.2. The molecule has 0 aromatic carbocycles. The summed E-state index contributed by atoms with van der Waals surface area (Å²) in [6.45, 7) is 10.7. The molecule has 0 saturated carbocycles. The Morgan fingerprint density at radius 2 is 2.00 bits per heavy atom. The largest absolute Gasteiger partial charge is 0.465 e. The lowest BCUT2D eigenvalue weighted by Crippen LogP contribution is -2.55. The maximum Gasteiger partial charge on any atom is 0.326 e. The van der Waals surface area contributed by atoms with Gasteiger partial charge < -0.3 is 9.64 Å². The van der Waals surface area contributed by atoms with Crippen molar-refractivity contribution in [1.82, 2.24) is 10.2 Å². The van der Waals surface area contributed by atoms with Gasteiger partial charge in [0.1, 0.15) is 5.54 Å². The van der Waals surface area contributed by atoms with Gasteiger partial charge in [-0.2, -0.15) is 0 Å². The molecule has 1 rings (SSSR count). The highest BCUT2D eigenvalue weighted by Crippen LogP contribution is 2.15. The molecule has 1 atom stereocenters. The van der Waals surface area contributed by atoms with Gasteiger partial charge in [0.15, 0.2) is 0 Å². The number of ether oxygens (including phenoxy) is 1. The van der Waals surface area contributed by atoms with E-state index in [1.54, 1.807) is 0 Å². The second-order valence-electron chi connectivity index (χ2n) is 5.79.